The standard InChI is InChI=1S/C15H14N4O2/c1-2-10(13-16-5-6-17-13)8-11(3-1)15-18-14(19-21-15)12-4-7-20-9-12/h1-3,5-6,8,12H,4,7,9H2,(H,16,17)/t12-/m1/s1. The van der Waals surface area contributed by atoms with Gasteiger partial charge in [0.15, 0.2) is 5.82 Å². The quantitative estimate of drug-likeness (QED) is 0.799. The van der Waals surface area contributed by atoms with Gasteiger partial charge < -0.3 is 14.2 Å². The van der Waals surface area contributed by atoms with E-state index in [-0.39, 0.29) is 5.92 Å². The maximum absolute atomic E-state index is 5.39. The average molecular weight is 282 g/mol. The van der Waals surface area contributed by atoms with Gasteiger partial charge in [-0.2, -0.15) is 4.98 Å². The number of rotatable bonds is 3. The Bertz CT molecular complexity index is 730. The molecule has 1 aromatic carbocycles. The molecule has 1 N–H and O–H groups in total. The average Bonchev–Trinajstić information content (AvgIpc) is 3.26. The van der Waals surface area contributed by atoms with E-state index in [2.05, 4.69) is 20.1 Å². The van der Waals surface area contributed by atoms with Gasteiger partial charge in [-0.15, -0.1) is 0 Å². The summed E-state index contributed by atoms with van der Waals surface area (Å²) in [5.41, 5.74) is 1.88. The highest BCUT2D eigenvalue weighted by Crippen LogP contribution is 2.27. The van der Waals surface area contributed by atoms with E-state index in [4.69, 9.17) is 9.26 Å². The molecule has 0 bridgehead atoms. The van der Waals surface area contributed by atoms with Crippen molar-refractivity contribution in [3.05, 3.63) is 42.5 Å². The number of ether oxygens (including phenoxy) is 1. The van der Waals surface area contributed by atoms with E-state index < -0.39 is 0 Å². The molecule has 1 aliphatic heterocycles. The van der Waals surface area contributed by atoms with E-state index in [1.807, 2.05) is 24.3 Å². The summed E-state index contributed by atoms with van der Waals surface area (Å²) < 4.78 is 10.7. The fourth-order valence-corrected chi connectivity index (χ4v) is 2.48. The Morgan fingerprint density at radius 3 is 3.00 bits per heavy atom. The number of nitrogens with zero attached hydrogens (tertiary/aromatic N) is 3. The largest absolute Gasteiger partial charge is 0.381 e. The number of aromatic nitrogens is 4. The lowest BCUT2D eigenvalue weighted by Crippen LogP contribution is -1.99. The normalized spacial score (nSPS) is 18.2. The molecule has 1 fully saturated rings. The SMILES string of the molecule is c1cc(-c2ncc[nH]2)cc(-c2nc([C@@H]3CCOC3)no2)c1. The topological polar surface area (TPSA) is 76.8 Å². The molecule has 0 radical (unpaired) electrons. The van der Waals surface area contributed by atoms with Crippen LogP contribution in [0.2, 0.25) is 0 Å². The Kier molecular flexibility index (Phi) is 3.01. The Morgan fingerprint density at radius 2 is 2.19 bits per heavy atom. The number of H-pyrrole nitrogens is 1. The summed E-state index contributed by atoms with van der Waals surface area (Å²) in [7, 11) is 0. The molecular formula is C15H14N4O2. The van der Waals surface area contributed by atoms with Crippen molar-refractivity contribution < 1.29 is 9.26 Å². The van der Waals surface area contributed by atoms with E-state index in [0.29, 0.717) is 12.5 Å². The van der Waals surface area contributed by atoms with Crippen LogP contribution < -0.4 is 0 Å². The highest BCUT2D eigenvalue weighted by molar-refractivity contribution is 5.65. The fraction of sp³-hybridized carbons (Fsp3) is 0.267. The van der Waals surface area contributed by atoms with Crippen molar-refractivity contribution in [3.8, 4) is 22.8 Å². The highest BCUT2D eigenvalue weighted by atomic mass is 16.5. The van der Waals surface area contributed by atoms with E-state index in [1.165, 1.54) is 0 Å². The monoisotopic (exact) mass is 282 g/mol. The third-order valence-electron chi connectivity index (χ3n) is 3.62. The lowest BCUT2D eigenvalue weighted by molar-refractivity contribution is 0.192. The second-order valence-electron chi connectivity index (χ2n) is 5.04. The van der Waals surface area contributed by atoms with Crippen LogP contribution >= 0.6 is 0 Å². The first-order valence-electron chi connectivity index (χ1n) is 6.92. The van der Waals surface area contributed by atoms with Gasteiger partial charge in [0.2, 0.25) is 0 Å². The van der Waals surface area contributed by atoms with Crippen LogP contribution in [-0.2, 0) is 4.74 Å². The minimum Gasteiger partial charge on any atom is -0.381 e. The zero-order valence-corrected chi connectivity index (χ0v) is 11.3. The van der Waals surface area contributed by atoms with Crippen LogP contribution in [0.5, 0.6) is 0 Å². The summed E-state index contributed by atoms with van der Waals surface area (Å²) in [4.78, 5) is 11.8. The second-order valence-corrected chi connectivity index (χ2v) is 5.04. The molecule has 3 heterocycles. The van der Waals surface area contributed by atoms with Crippen LogP contribution in [-0.4, -0.2) is 33.3 Å². The van der Waals surface area contributed by atoms with Gasteiger partial charge in [0.25, 0.3) is 5.89 Å². The van der Waals surface area contributed by atoms with Crippen LogP contribution in [0.4, 0.5) is 0 Å². The third kappa shape index (κ3) is 2.34. The van der Waals surface area contributed by atoms with Crippen molar-refractivity contribution in [2.24, 2.45) is 0 Å². The molecule has 6 nitrogen and oxygen atoms in total. The minimum absolute atomic E-state index is 0.246. The smallest absolute Gasteiger partial charge is 0.257 e. The summed E-state index contributed by atoms with van der Waals surface area (Å²) >= 11 is 0. The molecule has 3 aromatic rings. The minimum atomic E-state index is 0.246. The number of benzene rings is 1. The lowest BCUT2D eigenvalue weighted by Gasteiger charge is -1.99. The highest BCUT2D eigenvalue weighted by Gasteiger charge is 2.23. The molecule has 0 aliphatic carbocycles. The van der Waals surface area contributed by atoms with Crippen LogP contribution in [0, 0.1) is 0 Å². The molecule has 1 atom stereocenters. The van der Waals surface area contributed by atoms with Gasteiger partial charge >= 0.3 is 0 Å². The molecule has 2 aromatic heterocycles. The molecular weight excluding hydrogens is 268 g/mol. The summed E-state index contributed by atoms with van der Waals surface area (Å²) in [6, 6.07) is 7.89. The molecule has 0 amide bonds. The van der Waals surface area contributed by atoms with Crippen LogP contribution in [0.1, 0.15) is 18.2 Å². The van der Waals surface area contributed by atoms with Gasteiger partial charge in [-0.05, 0) is 18.6 Å². The predicted octanol–water partition coefficient (Wildman–Crippen LogP) is 2.63. The Hall–Kier alpha value is -2.47. The summed E-state index contributed by atoms with van der Waals surface area (Å²) in [6.45, 7) is 1.44. The van der Waals surface area contributed by atoms with Crippen molar-refractivity contribution >= 4 is 0 Å². The van der Waals surface area contributed by atoms with Crippen molar-refractivity contribution in [2.45, 2.75) is 12.3 Å². The van der Waals surface area contributed by atoms with Crippen LogP contribution in [0.15, 0.2) is 41.2 Å². The Balaban J connectivity index is 1.65. The van der Waals surface area contributed by atoms with E-state index in [9.17, 15) is 0 Å². The van der Waals surface area contributed by atoms with Crippen molar-refractivity contribution in [1.82, 2.24) is 20.1 Å². The summed E-state index contributed by atoms with van der Waals surface area (Å²) in [6.07, 6.45) is 4.48. The molecule has 4 rings (SSSR count). The molecule has 6 heteroatoms. The van der Waals surface area contributed by atoms with Gasteiger partial charge in [-0.1, -0.05) is 17.3 Å². The molecule has 1 saturated heterocycles. The van der Waals surface area contributed by atoms with Crippen molar-refractivity contribution in [2.75, 3.05) is 13.2 Å². The Morgan fingerprint density at radius 1 is 1.24 bits per heavy atom. The maximum Gasteiger partial charge on any atom is 0.257 e. The lowest BCUT2D eigenvalue weighted by atomic mass is 10.1. The molecule has 0 unspecified atom stereocenters. The zero-order valence-electron chi connectivity index (χ0n) is 11.3. The number of hydrogen-bond acceptors (Lipinski definition) is 5. The summed E-state index contributed by atoms with van der Waals surface area (Å²) in [5.74, 6) is 2.33. The van der Waals surface area contributed by atoms with Crippen LogP contribution in [0.3, 0.4) is 0 Å². The summed E-state index contributed by atoms with van der Waals surface area (Å²) in [5, 5.41) is 4.08. The van der Waals surface area contributed by atoms with Gasteiger partial charge in [-0.3, -0.25) is 0 Å². The Labute approximate surface area is 121 Å². The molecule has 0 saturated carbocycles. The van der Waals surface area contributed by atoms with Gasteiger partial charge in [0.1, 0.15) is 5.82 Å². The third-order valence-corrected chi connectivity index (χ3v) is 3.62. The molecule has 1 aliphatic rings. The predicted molar refractivity (Wildman–Crippen MR) is 75.5 cm³/mol. The van der Waals surface area contributed by atoms with Gasteiger partial charge in [0.05, 0.1) is 6.61 Å². The van der Waals surface area contributed by atoms with E-state index >= 15 is 0 Å². The first kappa shape index (κ1) is 12.3. The van der Waals surface area contributed by atoms with E-state index in [1.54, 1.807) is 12.4 Å². The van der Waals surface area contributed by atoms with Gasteiger partial charge in [-0.25, -0.2) is 4.98 Å². The first-order chi connectivity index (χ1) is 10.4. The molecule has 0 spiro atoms. The maximum atomic E-state index is 5.39. The van der Waals surface area contributed by atoms with Crippen LogP contribution in [0.25, 0.3) is 22.8 Å². The van der Waals surface area contributed by atoms with Gasteiger partial charge in [0, 0.05) is 36.0 Å². The zero-order chi connectivity index (χ0) is 14.1. The fourth-order valence-electron chi connectivity index (χ4n) is 2.48. The first-order valence-corrected chi connectivity index (χ1v) is 6.92. The molecule has 106 valence electrons. The number of nitrogens with one attached hydrogen (secondary N) is 1. The number of imidazole rings is 1. The second kappa shape index (κ2) is 5.14. The number of aromatic amines is 1. The van der Waals surface area contributed by atoms with Crippen molar-refractivity contribution in [3.63, 3.8) is 0 Å². The van der Waals surface area contributed by atoms with E-state index in [0.717, 1.165) is 35.8 Å². The molecule has 21 heavy (non-hydrogen) atoms. The number of hydrogen-bond donors (Lipinski definition) is 1. The van der Waals surface area contributed by atoms with Crippen molar-refractivity contribution in [1.29, 1.82) is 0 Å².